The Hall–Kier alpha value is -0.160. The highest BCUT2D eigenvalue weighted by Gasteiger charge is 2.40. The number of rotatable bonds is 8. The van der Waals surface area contributed by atoms with E-state index in [0.717, 1.165) is 26.2 Å². The van der Waals surface area contributed by atoms with E-state index in [1.165, 1.54) is 32.2 Å². The van der Waals surface area contributed by atoms with Gasteiger partial charge < -0.3 is 15.4 Å². The molecule has 2 N–H and O–H groups in total. The Morgan fingerprint density at radius 2 is 2.05 bits per heavy atom. The fraction of sp³-hybridized carbons (Fsp3) is 1.00. The van der Waals surface area contributed by atoms with Gasteiger partial charge in [0.05, 0.1) is 6.61 Å². The summed E-state index contributed by atoms with van der Waals surface area (Å²) in [7, 11) is 4.00. The van der Waals surface area contributed by atoms with Crippen molar-refractivity contribution < 1.29 is 4.74 Å². The Morgan fingerprint density at radius 3 is 2.53 bits per heavy atom. The maximum atomic E-state index is 6.21. The lowest BCUT2D eigenvalue weighted by molar-refractivity contribution is -0.0211. The largest absolute Gasteiger partial charge is 0.383 e. The van der Waals surface area contributed by atoms with E-state index in [9.17, 15) is 0 Å². The third kappa shape index (κ3) is 4.15. The van der Waals surface area contributed by atoms with Crippen molar-refractivity contribution >= 4 is 0 Å². The Labute approximate surface area is 119 Å². The van der Waals surface area contributed by atoms with Gasteiger partial charge in [-0.15, -0.1) is 0 Å². The van der Waals surface area contributed by atoms with Gasteiger partial charge in [0.25, 0.3) is 0 Å². The van der Waals surface area contributed by atoms with Crippen LogP contribution in [0.2, 0.25) is 0 Å². The van der Waals surface area contributed by atoms with Gasteiger partial charge in [-0.25, -0.2) is 0 Å². The second kappa shape index (κ2) is 8.20. The van der Waals surface area contributed by atoms with Gasteiger partial charge >= 0.3 is 0 Å². The molecule has 1 aliphatic rings. The van der Waals surface area contributed by atoms with Crippen LogP contribution in [-0.4, -0.2) is 68.3 Å². The van der Waals surface area contributed by atoms with Crippen LogP contribution < -0.4 is 5.73 Å². The van der Waals surface area contributed by atoms with Crippen LogP contribution in [0, 0.1) is 0 Å². The minimum Gasteiger partial charge on any atom is -0.383 e. The summed E-state index contributed by atoms with van der Waals surface area (Å²) >= 11 is 0. The third-order valence-electron chi connectivity index (χ3n) is 4.66. The van der Waals surface area contributed by atoms with Crippen LogP contribution in [0.4, 0.5) is 0 Å². The molecule has 0 aliphatic carbocycles. The predicted molar refractivity (Wildman–Crippen MR) is 81.5 cm³/mol. The number of nitrogens with two attached hydrogens (primary N) is 1. The molecular formula is C15H33N3O. The SMILES string of the molecule is CCC(CC)N(CCOC)C1(CN)CCCN(C)C1. The molecule has 0 spiro atoms. The Bertz CT molecular complexity index is 246. The van der Waals surface area contributed by atoms with Crippen LogP contribution in [-0.2, 0) is 4.74 Å². The van der Waals surface area contributed by atoms with Crippen LogP contribution in [0.5, 0.6) is 0 Å². The summed E-state index contributed by atoms with van der Waals surface area (Å²) in [4.78, 5) is 5.07. The van der Waals surface area contributed by atoms with Crippen LogP contribution in [0.25, 0.3) is 0 Å². The summed E-state index contributed by atoms with van der Waals surface area (Å²) in [5.41, 5.74) is 6.35. The van der Waals surface area contributed by atoms with Crippen molar-refractivity contribution in [1.82, 2.24) is 9.80 Å². The first-order valence-electron chi connectivity index (χ1n) is 7.77. The van der Waals surface area contributed by atoms with Gasteiger partial charge in [0.2, 0.25) is 0 Å². The molecule has 1 unspecified atom stereocenters. The highest BCUT2D eigenvalue weighted by Crippen LogP contribution is 2.29. The van der Waals surface area contributed by atoms with E-state index in [1.54, 1.807) is 7.11 Å². The van der Waals surface area contributed by atoms with Crippen molar-refractivity contribution in [2.45, 2.75) is 51.1 Å². The fourth-order valence-corrected chi connectivity index (χ4v) is 3.58. The quantitative estimate of drug-likeness (QED) is 0.727. The highest BCUT2D eigenvalue weighted by molar-refractivity contribution is 4.99. The molecule has 0 bridgehead atoms. The van der Waals surface area contributed by atoms with Crippen molar-refractivity contribution in [3.05, 3.63) is 0 Å². The highest BCUT2D eigenvalue weighted by atomic mass is 16.5. The van der Waals surface area contributed by atoms with Gasteiger partial charge in [-0.1, -0.05) is 13.8 Å². The van der Waals surface area contributed by atoms with Crippen molar-refractivity contribution in [2.75, 3.05) is 46.9 Å². The number of likely N-dealkylation sites (tertiary alicyclic amines) is 1. The van der Waals surface area contributed by atoms with Crippen molar-refractivity contribution in [3.8, 4) is 0 Å². The normalized spacial score (nSPS) is 25.4. The molecule has 19 heavy (non-hydrogen) atoms. The number of nitrogens with zero attached hydrogens (tertiary/aromatic N) is 2. The molecule has 1 fully saturated rings. The summed E-state index contributed by atoms with van der Waals surface area (Å²) < 4.78 is 5.32. The maximum Gasteiger partial charge on any atom is 0.0590 e. The molecule has 0 radical (unpaired) electrons. The molecule has 4 heteroatoms. The fourth-order valence-electron chi connectivity index (χ4n) is 3.58. The van der Waals surface area contributed by atoms with Crippen LogP contribution in [0.15, 0.2) is 0 Å². The summed E-state index contributed by atoms with van der Waals surface area (Å²) in [6.07, 6.45) is 4.84. The van der Waals surface area contributed by atoms with Crippen LogP contribution in [0.3, 0.4) is 0 Å². The number of hydrogen-bond acceptors (Lipinski definition) is 4. The van der Waals surface area contributed by atoms with E-state index in [0.29, 0.717) is 6.04 Å². The summed E-state index contributed by atoms with van der Waals surface area (Å²) in [5, 5.41) is 0. The number of likely N-dealkylation sites (N-methyl/N-ethyl adjacent to an activating group) is 1. The Kier molecular flexibility index (Phi) is 7.29. The van der Waals surface area contributed by atoms with Crippen molar-refractivity contribution in [3.63, 3.8) is 0 Å². The second-order valence-electron chi connectivity index (χ2n) is 5.93. The van der Waals surface area contributed by atoms with Gasteiger partial charge in [-0.2, -0.15) is 0 Å². The molecular weight excluding hydrogens is 238 g/mol. The molecule has 0 aromatic carbocycles. The van der Waals surface area contributed by atoms with Gasteiger partial charge in [0.15, 0.2) is 0 Å². The van der Waals surface area contributed by atoms with Crippen molar-refractivity contribution in [1.29, 1.82) is 0 Å². The zero-order valence-corrected chi connectivity index (χ0v) is 13.3. The van der Waals surface area contributed by atoms with E-state index in [4.69, 9.17) is 10.5 Å². The minimum absolute atomic E-state index is 0.141. The smallest absolute Gasteiger partial charge is 0.0590 e. The molecule has 1 atom stereocenters. The standard InChI is InChI=1S/C15H33N3O/c1-5-14(6-2)18(10-11-19-4)15(12-16)8-7-9-17(3)13-15/h14H,5-13,16H2,1-4H3. The zero-order chi connectivity index (χ0) is 14.3. The van der Waals surface area contributed by atoms with Gasteiger partial charge in [-0.05, 0) is 39.3 Å². The monoisotopic (exact) mass is 271 g/mol. The first-order chi connectivity index (χ1) is 9.13. The number of piperidine rings is 1. The summed E-state index contributed by atoms with van der Waals surface area (Å²) in [6, 6.07) is 0.616. The second-order valence-corrected chi connectivity index (χ2v) is 5.93. The predicted octanol–water partition coefficient (Wildman–Crippen LogP) is 1.55. The molecule has 1 rings (SSSR count). The van der Waals surface area contributed by atoms with Crippen molar-refractivity contribution in [2.24, 2.45) is 5.73 Å². The van der Waals surface area contributed by atoms with E-state index < -0.39 is 0 Å². The molecule has 0 aromatic heterocycles. The van der Waals surface area contributed by atoms with Gasteiger partial charge in [-0.3, -0.25) is 4.90 Å². The van der Waals surface area contributed by atoms with Crippen LogP contribution in [0.1, 0.15) is 39.5 Å². The van der Waals surface area contributed by atoms with Gasteiger partial charge in [0, 0.05) is 38.3 Å². The molecule has 1 heterocycles. The summed E-state index contributed by atoms with van der Waals surface area (Å²) in [6.45, 7) is 9.38. The van der Waals surface area contributed by atoms with E-state index in [2.05, 4.69) is 30.7 Å². The lowest BCUT2D eigenvalue weighted by Crippen LogP contribution is -2.65. The molecule has 0 aromatic rings. The number of methoxy groups -OCH3 is 1. The molecule has 0 saturated carbocycles. The topological polar surface area (TPSA) is 41.7 Å². The molecule has 114 valence electrons. The molecule has 1 aliphatic heterocycles. The molecule has 1 saturated heterocycles. The molecule has 0 amide bonds. The van der Waals surface area contributed by atoms with E-state index >= 15 is 0 Å². The average Bonchev–Trinajstić information content (AvgIpc) is 2.43. The lowest BCUT2D eigenvalue weighted by Gasteiger charge is -2.51. The lowest BCUT2D eigenvalue weighted by atomic mass is 9.85. The van der Waals surface area contributed by atoms with Crippen LogP contribution >= 0.6 is 0 Å². The summed E-state index contributed by atoms with van der Waals surface area (Å²) in [5.74, 6) is 0. The molecule has 4 nitrogen and oxygen atoms in total. The number of ether oxygens (including phenoxy) is 1. The van der Waals surface area contributed by atoms with E-state index in [-0.39, 0.29) is 5.54 Å². The number of hydrogen-bond donors (Lipinski definition) is 1. The first kappa shape index (κ1) is 16.9. The third-order valence-corrected chi connectivity index (χ3v) is 4.66. The Morgan fingerprint density at radius 1 is 1.37 bits per heavy atom. The first-order valence-corrected chi connectivity index (χ1v) is 7.77. The average molecular weight is 271 g/mol. The van der Waals surface area contributed by atoms with E-state index in [1.807, 2.05) is 0 Å². The minimum atomic E-state index is 0.141. The maximum absolute atomic E-state index is 6.21. The van der Waals surface area contributed by atoms with Gasteiger partial charge in [0.1, 0.15) is 0 Å². The Balaban J connectivity index is 2.89. The zero-order valence-electron chi connectivity index (χ0n) is 13.3.